The zero-order chi connectivity index (χ0) is 25.5. The number of rotatable bonds is 10. The maximum Gasteiger partial charge on any atom is 0.306 e. The number of carbonyl (C=O) groups excluding carboxylic acids is 4. The van der Waals surface area contributed by atoms with E-state index in [0.29, 0.717) is 12.1 Å². The van der Waals surface area contributed by atoms with Crippen molar-refractivity contribution in [3.63, 3.8) is 0 Å². The summed E-state index contributed by atoms with van der Waals surface area (Å²) in [4.78, 5) is 55.0. The number of halogens is 1. The van der Waals surface area contributed by atoms with Crippen LogP contribution in [0.3, 0.4) is 0 Å². The Hall–Kier alpha value is -3.00. The Kier molecular flexibility index (Phi) is 9.20. The molecule has 8 heteroatoms. The Labute approximate surface area is 214 Å². The van der Waals surface area contributed by atoms with E-state index >= 15 is 0 Å². The number of esters is 1. The third kappa shape index (κ3) is 6.78. The molecule has 1 amide bonds. The van der Waals surface area contributed by atoms with Crippen molar-refractivity contribution in [2.75, 3.05) is 25.2 Å². The largest absolute Gasteiger partial charge is 0.469 e. The number of carbonyl (C=O) groups is 4. The number of para-hydroxylation sites is 1. The quantitative estimate of drug-likeness (QED) is 0.325. The minimum atomic E-state index is -0.695. The van der Waals surface area contributed by atoms with Crippen molar-refractivity contribution in [2.45, 2.75) is 39.2 Å². The lowest BCUT2D eigenvalue weighted by atomic mass is 9.90. The summed E-state index contributed by atoms with van der Waals surface area (Å²) in [5.74, 6) is -1.70. The van der Waals surface area contributed by atoms with Crippen LogP contribution in [-0.2, 0) is 19.1 Å². The Morgan fingerprint density at radius 3 is 2.26 bits per heavy atom. The number of hydrogen-bond donors (Lipinski definition) is 0. The summed E-state index contributed by atoms with van der Waals surface area (Å²) in [6, 6.07) is 15.9. The topological polar surface area (TPSA) is 84.0 Å². The van der Waals surface area contributed by atoms with Crippen LogP contribution in [0.25, 0.3) is 0 Å². The molecule has 0 spiro atoms. The first-order valence-electron chi connectivity index (χ1n) is 11.7. The SMILES string of the molecule is COC(=O)C[C@H](C(=O)N1CN(c2ccccc2)C[C@H]1C(=O)CCC(=O)c1ccc(Br)cc1)C(C)C. The number of methoxy groups -OCH3 is 1. The van der Waals surface area contributed by atoms with Crippen LogP contribution in [0.2, 0.25) is 0 Å². The predicted octanol–water partition coefficient (Wildman–Crippen LogP) is 4.49. The fraction of sp³-hybridized carbons (Fsp3) is 0.407. The minimum Gasteiger partial charge on any atom is -0.469 e. The van der Waals surface area contributed by atoms with E-state index in [1.807, 2.05) is 49.1 Å². The van der Waals surface area contributed by atoms with Gasteiger partial charge in [-0.2, -0.15) is 0 Å². The van der Waals surface area contributed by atoms with Gasteiger partial charge in [0.05, 0.1) is 26.1 Å². The highest BCUT2D eigenvalue weighted by Gasteiger charge is 2.41. The van der Waals surface area contributed by atoms with Crippen LogP contribution >= 0.6 is 15.9 Å². The van der Waals surface area contributed by atoms with Crippen LogP contribution < -0.4 is 4.90 Å². The Bertz CT molecular complexity index is 1060. The highest BCUT2D eigenvalue weighted by atomic mass is 79.9. The summed E-state index contributed by atoms with van der Waals surface area (Å²) >= 11 is 3.35. The maximum atomic E-state index is 13.6. The number of Topliss-reactive ketones (excluding diaryl/α,β-unsaturated/α-hetero) is 2. The lowest BCUT2D eigenvalue weighted by molar-refractivity contribution is -0.149. The molecule has 0 aliphatic carbocycles. The third-order valence-electron chi connectivity index (χ3n) is 6.37. The van der Waals surface area contributed by atoms with Gasteiger partial charge in [0.2, 0.25) is 5.91 Å². The lowest BCUT2D eigenvalue weighted by Gasteiger charge is -2.29. The molecule has 2 atom stereocenters. The number of benzene rings is 2. The normalized spacial score (nSPS) is 16.3. The first-order chi connectivity index (χ1) is 16.7. The van der Waals surface area contributed by atoms with Crippen LogP contribution in [0.15, 0.2) is 59.1 Å². The summed E-state index contributed by atoms with van der Waals surface area (Å²) in [5.41, 5.74) is 1.45. The zero-order valence-electron chi connectivity index (χ0n) is 20.3. The molecule has 1 aliphatic rings. The molecular formula is C27H31BrN2O5. The molecule has 2 aromatic rings. The Morgan fingerprint density at radius 2 is 1.66 bits per heavy atom. The molecule has 1 aliphatic heterocycles. The van der Waals surface area contributed by atoms with Crippen molar-refractivity contribution in [2.24, 2.45) is 11.8 Å². The van der Waals surface area contributed by atoms with E-state index in [0.717, 1.165) is 10.2 Å². The fourth-order valence-corrected chi connectivity index (χ4v) is 4.50. The van der Waals surface area contributed by atoms with Crippen molar-refractivity contribution < 1.29 is 23.9 Å². The number of nitrogens with zero attached hydrogens (tertiary/aromatic N) is 2. The second kappa shape index (κ2) is 12.1. The Balaban J connectivity index is 1.78. The average Bonchev–Trinajstić information content (AvgIpc) is 3.31. The molecule has 0 aromatic heterocycles. The van der Waals surface area contributed by atoms with Gasteiger partial charge in [-0.15, -0.1) is 0 Å². The maximum absolute atomic E-state index is 13.6. The summed E-state index contributed by atoms with van der Waals surface area (Å²) in [6.45, 7) is 4.34. The highest BCUT2D eigenvalue weighted by Crippen LogP contribution is 2.28. The van der Waals surface area contributed by atoms with Gasteiger partial charge < -0.3 is 14.5 Å². The smallest absolute Gasteiger partial charge is 0.306 e. The van der Waals surface area contributed by atoms with E-state index < -0.39 is 17.9 Å². The number of amides is 1. The minimum absolute atomic E-state index is 0.0370. The van der Waals surface area contributed by atoms with Gasteiger partial charge in [0.25, 0.3) is 0 Å². The number of anilines is 1. The molecule has 1 heterocycles. The van der Waals surface area contributed by atoms with E-state index in [4.69, 9.17) is 4.74 Å². The van der Waals surface area contributed by atoms with E-state index in [-0.39, 0.29) is 49.3 Å². The van der Waals surface area contributed by atoms with Gasteiger partial charge in [-0.05, 0) is 30.2 Å². The van der Waals surface area contributed by atoms with Crippen molar-refractivity contribution >= 4 is 45.1 Å². The molecule has 3 rings (SSSR count). The van der Waals surface area contributed by atoms with Gasteiger partial charge in [0, 0.05) is 35.1 Å². The number of ether oxygens (including phenoxy) is 1. The Morgan fingerprint density at radius 1 is 1.00 bits per heavy atom. The number of ketones is 2. The van der Waals surface area contributed by atoms with Crippen molar-refractivity contribution in [3.8, 4) is 0 Å². The van der Waals surface area contributed by atoms with Crippen molar-refractivity contribution in [3.05, 3.63) is 64.6 Å². The molecule has 1 saturated heterocycles. The molecule has 1 fully saturated rings. The van der Waals surface area contributed by atoms with Gasteiger partial charge >= 0.3 is 5.97 Å². The molecule has 0 saturated carbocycles. The second-order valence-corrected chi connectivity index (χ2v) is 9.97. The summed E-state index contributed by atoms with van der Waals surface area (Å²) in [6.07, 6.45) is 0.0627. The van der Waals surface area contributed by atoms with E-state index in [2.05, 4.69) is 15.9 Å². The molecule has 0 unspecified atom stereocenters. The highest BCUT2D eigenvalue weighted by molar-refractivity contribution is 9.10. The van der Waals surface area contributed by atoms with Gasteiger partial charge in [-0.25, -0.2) is 0 Å². The van der Waals surface area contributed by atoms with Crippen molar-refractivity contribution in [1.82, 2.24) is 4.90 Å². The summed E-state index contributed by atoms with van der Waals surface area (Å²) in [5, 5.41) is 0. The molecule has 0 radical (unpaired) electrons. The molecule has 2 aromatic carbocycles. The molecular weight excluding hydrogens is 512 g/mol. The van der Waals surface area contributed by atoms with Gasteiger partial charge in [0.1, 0.15) is 6.04 Å². The van der Waals surface area contributed by atoms with Crippen LogP contribution in [0.4, 0.5) is 5.69 Å². The van der Waals surface area contributed by atoms with Crippen LogP contribution in [0.1, 0.15) is 43.5 Å². The summed E-state index contributed by atoms with van der Waals surface area (Å²) in [7, 11) is 1.30. The van der Waals surface area contributed by atoms with Gasteiger partial charge in [0.15, 0.2) is 11.6 Å². The number of hydrogen-bond acceptors (Lipinski definition) is 6. The zero-order valence-corrected chi connectivity index (χ0v) is 21.9. The fourth-order valence-electron chi connectivity index (χ4n) is 4.24. The second-order valence-electron chi connectivity index (χ2n) is 9.05. The predicted molar refractivity (Wildman–Crippen MR) is 137 cm³/mol. The lowest BCUT2D eigenvalue weighted by Crippen LogP contribution is -2.46. The van der Waals surface area contributed by atoms with Gasteiger partial charge in [-0.3, -0.25) is 19.2 Å². The average molecular weight is 543 g/mol. The van der Waals surface area contributed by atoms with Crippen LogP contribution in [0.5, 0.6) is 0 Å². The first kappa shape index (κ1) is 26.6. The monoisotopic (exact) mass is 542 g/mol. The third-order valence-corrected chi connectivity index (χ3v) is 6.90. The summed E-state index contributed by atoms with van der Waals surface area (Å²) < 4.78 is 5.67. The van der Waals surface area contributed by atoms with Crippen LogP contribution in [-0.4, -0.2) is 54.7 Å². The standard InChI is InChI=1S/C27H31BrN2O5/c1-18(2)22(15-26(33)35-3)27(34)30-17-29(21-7-5-4-6-8-21)16-23(30)25(32)14-13-24(31)19-9-11-20(28)12-10-19/h4-12,18,22-23H,13-17H2,1-3H3/t22-,23-/m0/s1. The van der Waals surface area contributed by atoms with Gasteiger partial charge in [-0.1, -0.05) is 60.1 Å². The van der Waals surface area contributed by atoms with Crippen molar-refractivity contribution in [1.29, 1.82) is 0 Å². The molecule has 186 valence electrons. The first-order valence-corrected chi connectivity index (χ1v) is 12.5. The molecule has 35 heavy (non-hydrogen) atoms. The molecule has 0 bridgehead atoms. The van der Waals surface area contributed by atoms with E-state index in [9.17, 15) is 19.2 Å². The molecule has 7 nitrogen and oxygen atoms in total. The van der Waals surface area contributed by atoms with E-state index in [1.54, 1.807) is 29.2 Å². The molecule has 0 N–H and O–H groups in total. The van der Waals surface area contributed by atoms with Crippen LogP contribution in [0, 0.1) is 11.8 Å². The van der Waals surface area contributed by atoms with E-state index in [1.165, 1.54) is 7.11 Å².